The van der Waals surface area contributed by atoms with Gasteiger partial charge < -0.3 is 0 Å². The maximum Gasteiger partial charge on any atom is 0.243 e. The van der Waals surface area contributed by atoms with Crippen molar-refractivity contribution in [2.24, 2.45) is 7.05 Å². The third-order valence-electron chi connectivity index (χ3n) is 5.39. The molecule has 4 rings (SSSR count). The molecule has 146 valence electrons. The van der Waals surface area contributed by atoms with E-state index in [4.69, 9.17) is 23.2 Å². The lowest BCUT2D eigenvalue weighted by Crippen LogP contribution is -2.36. The molecular formula is C18H22Cl2N4O2S. The van der Waals surface area contributed by atoms with E-state index in [0.29, 0.717) is 24.5 Å². The van der Waals surface area contributed by atoms with E-state index in [2.05, 4.69) is 10.00 Å². The van der Waals surface area contributed by atoms with Gasteiger partial charge in [-0.3, -0.25) is 9.58 Å². The molecule has 2 aliphatic heterocycles. The second kappa shape index (κ2) is 7.37. The number of benzene rings is 1. The number of aromatic nitrogens is 2. The maximum atomic E-state index is 13.1. The van der Waals surface area contributed by atoms with E-state index in [9.17, 15) is 8.42 Å². The van der Waals surface area contributed by atoms with E-state index < -0.39 is 10.0 Å². The van der Waals surface area contributed by atoms with Crippen LogP contribution in [-0.4, -0.2) is 47.0 Å². The van der Waals surface area contributed by atoms with E-state index in [1.54, 1.807) is 0 Å². The van der Waals surface area contributed by atoms with Gasteiger partial charge >= 0.3 is 0 Å². The van der Waals surface area contributed by atoms with Gasteiger partial charge in [0.05, 0.1) is 20.6 Å². The average Bonchev–Trinajstić information content (AvgIpc) is 3.26. The fourth-order valence-corrected chi connectivity index (χ4v) is 5.71. The van der Waals surface area contributed by atoms with Crippen LogP contribution in [0.15, 0.2) is 23.1 Å². The summed E-state index contributed by atoms with van der Waals surface area (Å²) in [6.45, 7) is 3.71. The van der Waals surface area contributed by atoms with Crippen LogP contribution in [0.1, 0.15) is 29.8 Å². The van der Waals surface area contributed by atoms with Crippen LogP contribution in [0.3, 0.4) is 0 Å². The fourth-order valence-electron chi connectivity index (χ4n) is 3.92. The zero-order valence-electron chi connectivity index (χ0n) is 15.2. The number of hydrogen-bond donors (Lipinski definition) is 0. The number of rotatable bonds is 4. The first kappa shape index (κ1) is 19.2. The molecule has 0 bridgehead atoms. The van der Waals surface area contributed by atoms with Crippen LogP contribution < -0.4 is 0 Å². The van der Waals surface area contributed by atoms with Crippen LogP contribution in [0.2, 0.25) is 10.0 Å². The van der Waals surface area contributed by atoms with Gasteiger partial charge in [-0.2, -0.15) is 9.40 Å². The van der Waals surface area contributed by atoms with Crippen LogP contribution in [0, 0.1) is 0 Å². The highest BCUT2D eigenvalue weighted by molar-refractivity contribution is 7.89. The summed E-state index contributed by atoms with van der Waals surface area (Å²) in [6, 6.07) is 4.45. The highest BCUT2D eigenvalue weighted by atomic mass is 35.5. The molecule has 6 nitrogen and oxygen atoms in total. The van der Waals surface area contributed by atoms with Crippen molar-refractivity contribution in [2.45, 2.75) is 37.2 Å². The van der Waals surface area contributed by atoms with E-state index >= 15 is 0 Å². The summed E-state index contributed by atoms with van der Waals surface area (Å²) in [5.41, 5.74) is 3.16. The summed E-state index contributed by atoms with van der Waals surface area (Å²) in [5, 5.41) is 5.27. The molecule has 1 aromatic heterocycles. The topological polar surface area (TPSA) is 58.4 Å². The molecule has 1 aromatic carbocycles. The van der Waals surface area contributed by atoms with Gasteiger partial charge in [-0.1, -0.05) is 23.2 Å². The Morgan fingerprint density at radius 1 is 1.11 bits per heavy atom. The second-order valence-corrected chi connectivity index (χ2v) is 9.90. The zero-order valence-corrected chi connectivity index (χ0v) is 17.5. The Bertz CT molecular complexity index is 968. The molecule has 9 heteroatoms. The van der Waals surface area contributed by atoms with Crippen molar-refractivity contribution in [2.75, 3.05) is 19.6 Å². The number of fused-ring (bicyclic) bond motifs is 1. The number of halogens is 2. The first-order valence-electron chi connectivity index (χ1n) is 9.07. The van der Waals surface area contributed by atoms with Crippen LogP contribution in [0.5, 0.6) is 0 Å². The lowest BCUT2D eigenvalue weighted by molar-refractivity contribution is 0.322. The molecular weight excluding hydrogens is 407 g/mol. The lowest BCUT2D eigenvalue weighted by atomic mass is 10.1. The van der Waals surface area contributed by atoms with Gasteiger partial charge in [0, 0.05) is 44.4 Å². The first-order valence-corrected chi connectivity index (χ1v) is 11.3. The summed E-state index contributed by atoms with van der Waals surface area (Å²) in [5.74, 6) is 0. The molecule has 0 atom stereocenters. The van der Waals surface area contributed by atoms with E-state index in [1.165, 1.54) is 35.3 Å². The number of nitrogens with zero attached hydrogens (tertiary/aromatic N) is 4. The van der Waals surface area contributed by atoms with Crippen molar-refractivity contribution in [1.82, 2.24) is 19.0 Å². The minimum Gasteiger partial charge on any atom is -0.297 e. The van der Waals surface area contributed by atoms with Crippen molar-refractivity contribution in [3.8, 4) is 0 Å². The molecule has 0 unspecified atom stereocenters. The second-order valence-electron chi connectivity index (χ2n) is 7.14. The van der Waals surface area contributed by atoms with Gasteiger partial charge in [0.25, 0.3) is 0 Å². The van der Waals surface area contributed by atoms with Crippen molar-refractivity contribution >= 4 is 33.2 Å². The highest BCUT2D eigenvalue weighted by Gasteiger charge is 2.32. The Hall–Kier alpha value is -1.12. The van der Waals surface area contributed by atoms with Crippen LogP contribution >= 0.6 is 23.2 Å². The predicted octanol–water partition coefficient (Wildman–Crippen LogP) is 3.07. The van der Waals surface area contributed by atoms with Crippen molar-refractivity contribution in [1.29, 1.82) is 0 Å². The first-order chi connectivity index (χ1) is 12.9. The van der Waals surface area contributed by atoms with Crippen LogP contribution in [0.4, 0.5) is 0 Å². The maximum absolute atomic E-state index is 13.1. The van der Waals surface area contributed by atoms with Gasteiger partial charge in [-0.25, -0.2) is 8.42 Å². The minimum absolute atomic E-state index is 0.172. The SMILES string of the molecule is Cn1nc(CN2CCCC2)c2c1CCN(S(=O)(=O)c1ccc(Cl)c(Cl)c1)C2. The molecule has 0 spiro atoms. The van der Waals surface area contributed by atoms with Crippen molar-refractivity contribution < 1.29 is 8.42 Å². The quantitative estimate of drug-likeness (QED) is 0.750. The van der Waals surface area contributed by atoms with Gasteiger partial charge in [0.2, 0.25) is 10.0 Å². The number of hydrogen-bond acceptors (Lipinski definition) is 4. The Balaban J connectivity index is 1.62. The Labute approximate surface area is 169 Å². The molecule has 2 aromatic rings. The van der Waals surface area contributed by atoms with Crippen LogP contribution in [-0.2, 0) is 36.6 Å². The molecule has 0 radical (unpaired) electrons. The van der Waals surface area contributed by atoms with Gasteiger partial charge in [-0.15, -0.1) is 0 Å². The molecule has 1 fully saturated rings. The lowest BCUT2D eigenvalue weighted by Gasteiger charge is -2.27. The molecule has 1 saturated heterocycles. The van der Waals surface area contributed by atoms with Crippen molar-refractivity contribution in [3.05, 3.63) is 45.2 Å². The average molecular weight is 429 g/mol. The zero-order chi connectivity index (χ0) is 19.2. The van der Waals surface area contributed by atoms with Gasteiger partial charge in [0.1, 0.15) is 0 Å². The fraction of sp³-hybridized carbons (Fsp3) is 0.500. The predicted molar refractivity (Wildman–Crippen MR) is 105 cm³/mol. The Morgan fingerprint density at radius 2 is 1.85 bits per heavy atom. The summed E-state index contributed by atoms with van der Waals surface area (Å²) in [4.78, 5) is 2.56. The summed E-state index contributed by atoms with van der Waals surface area (Å²) in [6.07, 6.45) is 3.08. The standard InChI is InChI=1S/C18H22Cl2N4O2S/c1-22-18-6-9-24(27(25,26)13-4-5-15(19)16(20)10-13)11-14(18)17(21-22)12-23-7-2-3-8-23/h4-5,10H,2-3,6-9,11-12H2,1H3. The molecule has 0 N–H and O–H groups in total. The molecule has 0 aliphatic carbocycles. The van der Waals surface area contributed by atoms with Crippen LogP contribution in [0.25, 0.3) is 0 Å². The molecule has 0 amide bonds. The molecule has 2 aliphatic rings. The third-order valence-corrected chi connectivity index (χ3v) is 7.97. The largest absolute Gasteiger partial charge is 0.297 e. The molecule has 0 saturated carbocycles. The minimum atomic E-state index is -3.64. The Kier molecular flexibility index (Phi) is 5.24. The number of aryl methyl sites for hydroxylation is 1. The summed E-state index contributed by atoms with van der Waals surface area (Å²) < 4.78 is 29.6. The Morgan fingerprint density at radius 3 is 2.56 bits per heavy atom. The highest BCUT2D eigenvalue weighted by Crippen LogP contribution is 2.30. The monoisotopic (exact) mass is 428 g/mol. The van der Waals surface area contributed by atoms with Crippen molar-refractivity contribution in [3.63, 3.8) is 0 Å². The summed E-state index contributed by atoms with van der Waals surface area (Å²) in [7, 11) is -1.70. The summed E-state index contributed by atoms with van der Waals surface area (Å²) >= 11 is 12.0. The van der Waals surface area contributed by atoms with Gasteiger partial charge in [0.15, 0.2) is 0 Å². The number of likely N-dealkylation sites (tertiary alicyclic amines) is 1. The van der Waals surface area contributed by atoms with Gasteiger partial charge in [-0.05, 0) is 44.1 Å². The van der Waals surface area contributed by atoms with E-state index in [1.807, 2.05) is 11.7 Å². The van der Waals surface area contributed by atoms with E-state index in [0.717, 1.165) is 36.6 Å². The smallest absolute Gasteiger partial charge is 0.243 e. The molecule has 3 heterocycles. The molecule has 27 heavy (non-hydrogen) atoms. The van der Waals surface area contributed by atoms with E-state index in [-0.39, 0.29) is 9.92 Å². The number of sulfonamides is 1. The third kappa shape index (κ3) is 3.63. The normalized spacial score (nSPS) is 18.8.